The van der Waals surface area contributed by atoms with Gasteiger partial charge in [-0.3, -0.25) is 0 Å². The Morgan fingerprint density at radius 3 is 2.43 bits per heavy atom. The molecule has 1 aliphatic rings. The highest BCUT2D eigenvalue weighted by Crippen LogP contribution is 2.30. The molecular weight excluding hydrogens is 331 g/mol. The van der Waals surface area contributed by atoms with Gasteiger partial charge in [-0.15, -0.1) is 24.8 Å². The Kier molecular flexibility index (Phi) is 9.17. The molecule has 1 atom stereocenters. The van der Waals surface area contributed by atoms with E-state index in [1.165, 1.54) is 0 Å². The maximum atomic E-state index is 10.5. The van der Waals surface area contributed by atoms with E-state index < -0.39 is 5.60 Å². The van der Waals surface area contributed by atoms with Crippen molar-refractivity contribution >= 4 is 36.4 Å². The minimum absolute atomic E-state index is 0. The predicted molar refractivity (Wildman–Crippen MR) is 94.3 cm³/mol. The largest absolute Gasteiger partial charge is 0.390 e. The molecule has 6 heteroatoms. The van der Waals surface area contributed by atoms with Gasteiger partial charge >= 0.3 is 0 Å². The van der Waals surface area contributed by atoms with Crippen LogP contribution in [-0.2, 0) is 0 Å². The highest BCUT2D eigenvalue weighted by molar-refractivity contribution is 6.30. The number of rotatable bonds is 4. The van der Waals surface area contributed by atoms with Crippen molar-refractivity contribution in [1.82, 2.24) is 10.2 Å². The molecule has 0 bridgehead atoms. The van der Waals surface area contributed by atoms with Gasteiger partial charge in [0.25, 0.3) is 0 Å². The van der Waals surface area contributed by atoms with Crippen LogP contribution in [0.5, 0.6) is 0 Å². The molecule has 1 aromatic carbocycles. The Morgan fingerprint density at radius 1 is 1.29 bits per heavy atom. The number of nitrogens with one attached hydrogen (secondary N) is 1. The van der Waals surface area contributed by atoms with Crippen LogP contribution in [0.3, 0.4) is 0 Å². The zero-order valence-corrected chi connectivity index (χ0v) is 14.9. The molecule has 1 fully saturated rings. The first-order valence-electron chi connectivity index (χ1n) is 6.88. The summed E-state index contributed by atoms with van der Waals surface area (Å²) >= 11 is 6.08. The van der Waals surface area contributed by atoms with Gasteiger partial charge in [0, 0.05) is 43.7 Å². The molecule has 1 unspecified atom stereocenters. The molecule has 1 aliphatic heterocycles. The minimum Gasteiger partial charge on any atom is -0.390 e. The average Bonchev–Trinajstić information content (AvgIpc) is 2.36. The van der Waals surface area contributed by atoms with Gasteiger partial charge in [-0.05, 0) is 31.5 Å². The molecule has 1 saturated heterocycles. The summed E-state index contributed by atoms with van der Waals surface area (Å²) in [6, 6.07) is 7.84. The molecule has 0 radical (unpaired) electrons. The van der Waals surface area contributed by atoms with E-state index in [1.807, 2.05) is 32.0 Å². The number of aliphatic hydroxyl groups is 1. The van der Waals surface area contributed by atoms with Crippen molar-refractivity contribution in [2.45, 2.75) is 25.4 Å². The Labute approximate surface area is 144 Å². The van der Waals surface area contributed by atoms with Crippen LogP contribution >= 0.6 is 36.4 Å². The second kappa shape index (κ2) is 9.19. The maximum absolute atomic E-state index is 10.5. The SMILES string of the molecule is CC(C)(O)C(CN1CCNCC1)c1cccc(Cl)c1.Cl.Cl. The van der Waals surface area contributed by atoms with E-state index in [0.717, 1.165) is 43.3 Å². The highest BCUT2D eigenvalue weighted by Gasteiger charge is 2.30. The fraction of sp³-hybridized carbons (Fsp3) is 0.600. The summed E-state index contributed by atoms with van der Waals surface area (Å²) in [6.07, 6.45) is 0. The normalized spacial score (nSPS) is 17.5. The summed E-state index contributed by atoms with van der Waals surface area (Å²) in [6.45, 7) is 8.73. The zero-order valence-electron chi connectivity index (χ0n) is 12.5. The fourth-order valence-corrected chi connectivity index (χ4v) is 2.81. The van der Waals surface area contributed by atoms with Crippen LogP contribution in [0.25, 0.3) is 0 Å². The quantitative estimate of drug-likeness (QED) is 0.871. The molecule has 21 heavy (non-hydrogen) atoms. The van der Waals surface area contributed by atoms with Gasteiger partial charge in [0.15, 0.2) is 0 Å². The monoisotopic (exact) mass is 354 g/mol. The fourth-order valence-electron chi connectivity index (χ4n) is 2.61. The van der Waals surface area contributed by atoms with Crippen molar-refractivity contribution in [3.63, 3.8) is 0 Å². The van der Waals surface area contributed by atoms with Crippen LogP contribution in [-0.4, -0.2) is 48.3 Å². The number of hydrogen-bond acceptors (Lipinski definition) is 3. The lowest BCUT2D eigenvalue weighted by molar-refractivity contribution is 0.0329. The van der Waals surface area contributed by atoms with E-state index in [-0.39, 0.29) is 30.7 Å². The van der Waals surface area contributed by atoms with Gasteiger partial charge < -0.3 is 15.3 Å². The molecule has 0 spiro atoms. The minimum atomic E-state index is -0.754. The Hall–Kier alpha value is -0.0300. The van der Waals surface area contributed by atoms with E-state index in [1.54, 1.807) is 0 Å². The topological polar surface area (TPSA) is 35.5 Å². The van der Waals surface area contributed by atoms with Gasteiger partial charge in [-0.1, -0.05) is 23.7 Å². The summed E-state index contributed by atoms with van der Waals surface area (Å²) in [7, 11) is 0. The van der Waals surface area contributed by atoms with Crippen molar-refractivity contribution in [3.05, 3.63) is 34.9 Å². The lowest BCUT2D eigenvalue weighted by Gasteiger charge is -2.36. The number of halogens is 3. The van der Waals surface area contributed by atoms with Crippen molar-refractivity contribution in [2.24, 2.45) is 0 Å². The summed E-state index contributed by atoms with van der Waals surface area (Å²) < 4.78 is 0. The van der Waals surface area contributed by atoms with Crippen molar-refractivity contribution in [2.75, 3.05) is 32.7 Å². The van der Waals surface area contributed by atoms with Crippen LogP contribution in [0, 0.1) is 0 Å². The summed E-state index contributed by atoms with van der Waals surface area (Å²) in [5, 5.41) is 14.5. The molecule has 0 amide bonds. The van der Waals surface area contributed by atoms with Crippen molar-refractivity contribution in [3.8, 4) is 0 Å². The average molecular weight is 356 g/mol. The summed E-state index contributed by atoms with van der Waals surface area (Å²) in [5.74, 6) is 0.0734. The number of piperazine rings is 1. The molecule has 1 aromatic rings. The van der Waals surface area contributed by atoms with Crippen LogP contribution in [0.4, 0.5) is 0 Å². The second-order valence-corrected chi connectivity index (χ2v) is 6.25. The van der Waals surface area contributed by atoms with Crippen LogP contribution in [0.2, 0.25) is 5.02 Å². The van der Waals surface area contributed by atoms with Crippen LogP contribution in [0.1, 0.15) is 25.3 Å². The van der Waals surface area contributed by atoms with Crippen molar-refractivity contribution in [1.29, 1.82) is 0 Å². The standard InChI is InChI=1S/C15H23ClN2O.2ClH/c1-15(2,19)14(11-18-8-6-17-7-9-18)12-4-3-5-13(16)10-12;;/h3-5,10,14,17,19H,6-9,11H2,1-2H3;2*1H. The van der Waals surface area contributed by atoms with Crippen LogP contribution < -0.4 is 5.32 Å². The van der Waals surface area contributed by atoms with Gasteiger partial charge in [0.2, 0.25) is 0 Å². The molecule has 2 rings (SSSR count). The first-order chi connectivity index (χ1) is 8.97. The van der Waals surface area contributed by atoms with Crippen molar-refractivity contribution < 1.29 is 5.11 Å². The second-order valence-electron chi connectivity index (χ2n) is 5.81. The highest BCUT2D eigenvalue weighted by atomic mass is 35.5. The Bertz CT molecular complexity index is 418. The maximum Gasteiger partial charge on any atom is 0.0672 e. The lowest BCUT2D eigenvalue weighted by atomic mass is 9.84. The van der Waals surface area contributed by atoms with E-state index in [9.17, 15) is 5.11 Å². The molecule has 0 saturated carbocycles. The molecule has 3 nitrogen and oxygen atoms in total. The number of hydrogen-bond donors (Lipinski definition) is 2. The first-order valence-corrected chi connectivity index (χ1v) is 7.25. The van der Waals surface area contributed by atoms with Gasteiger partial charge in [-0.2, -0.15) is 0 Å². The smallest absolute Gasteiger partial charge is 0.0672 e. The third-order valence-corrected chi connectivity index (χ3v) is 3.99. The third-order valence-electron chi connectivity index (χ3n) is 3.75. The predicted octanol–water partition coefficient (Wildman–Crippen LogP) is 2.94. The van der Waals surface area contributed by atoms with E-state index >= 15 is 0 Å². The number of benzene rings is 1. The molecule has 1 heterocycles. The Balaban J connectivity index is 0.00000200. The number of nitrogens with zero attached hydrogens (tertiary/aromatic N) is 1. The van der Waals surface area contributed by atoms with Gasteiger partial charge in [0.05, 0.1) is 5.60 Å². The van der Waals surface area contributed by atoms with E-state index in [2.05, 4.69) is 16.3 Å². The molecule has 122 valence electrons. The summed E-state index contributed by atoms with van der Waals surface area (Å²) in [4.78, 5) is 2.40. The van der Waals surface area contributed by atoms with Gasteiger partial charge in [-0.25, -0.2) is 0 Å². The summed E-state index contributed by atoms with van der Waals surface area (Å²) in [5.41, 5.74) is 0.355. The zero-order chi connectivity index (χ0) is 13.9. The molecular formula is C15H25Cl3N2O. The molecule has 0 aromatic heterocycles. The van der Waals surface area contributed by atoms with Gasteiger partial charge in [0.1, 0.15) is 0 Å². The first kappa shape index (κ1) is 21.0. The van der Waals surface area contributed by atoms with Crippen LogP contribution in [0.15, 0.2) is 24.3 Å². The molecule has 2 N–H and O–H groups in total. The lowest BCUT2D eigenvalue weighted by Crippen LogP contribution is -2.47. The van der Waals surface area contributed by atoms with E-state index in [4.69, 9.17) is 11.6 Å². The van der Waals surface area contributed by atoms with E-state index in [0.29, 0.717) is 0 Å². The Morgan fingerprint density at radius 2 is 1.90 bits per heavy atom. The molecule has 0 aliphatic carbocycles. The third kappa shape index (κ3) is 6.31.